The van der Waals surface area contributed by atoms with Gasteiger partial charge in [-0.15, -0.1) is 0 Å². The van der Waals surface area contributed by atoms with Crippen molar-refractivity contribution in [2.45, 2.75) is 6.42 Å². The largest absolute Gasteiger partial charge is 0.452 e. The Kier molecular flexibility index (Phi) is 7.88. The summed E-state index contributed by atoms with van der Waals surface area (Å²) in [7, 11) is 0. The van der Waals surface area contributed by atoms with Crippen molar-refractivity contribution in [2.24, 2.45) is 5.73 Å². The highest BCUT2D eigenvalue weighted by Crippen LogP contribution is 2.16. The maximum atomic E-state index is 13.1. The second kappa shape index (κ2) is 10.4. The quantitative estimate of drug-likeness (QED) is 0.496. The number of esters is 1. The Hall–Kier alpha value is -3.00. The van der Waals surface area contributed by atoms with Crippen LogP contribution in [0, 0.1) is 5.82 Å². The molecule has 0 spiro atoms. The lowest BCUT2D eigenvalue weighted by atomic mass is 10.2. The summed E-state index contributed by atoms with van der Waals surface area (Å²) in [5.74, 6) is -2.30. The minimum Gasteiger partial charge on any atom is -0.452 e. The molecule has 0 aliphatic heterocycles. The number of amides is 2. The van der Waals surface area contributed by atoms with Crippen LogP contribution in [0.4, 0.5) is 10.1 Å². The third kappa shape index (κ3) is 6.96. The zero-order chi connectivity index (χ0) is 20.5. The SMILES string of the molecule is NC(=O)CCN(C(=O)COC(=O)/C=C/c1cccc(Br)c1)c1ccc(F)cc1. The fourth-order valence-corrected chi connectivity index (χ4v) is 2.69. The fourth-order valence-electron chi connectivity index (χ4n) is 2.27. The molecule has 2 amide bonds. The van der Waals surface area contributed by atoms with E-state index in [4.69, 9.17) is 10.5 Å². The van der Waals surface area contributed by atoms with Gasteiger partial charge in [0.25, 0.3) is 5.91 Å². The number of halogens is 2. The molecule has 2 aromatic carbocycles. The smallest absolute Gasteiger partial charge is 0.331 e. The van der Waals surface area contributed by atoms with Crippen molar-refractivity contribution in [2.75, 3.05) is 18.1 Å². The van der Waals surface area contributed by atoms with E-state index in [-0.39, 0.29) is 13.0 Å². The van der Waals surface area contributed by atoms with E-state index in [1.165, 1.54) is 35.2 Å². The van der Waals surface area contributed by atoms with Crippen molar-refractivity contribution < 1.29 is 23.5 Å². The molecule has 0 bridgehead atoms. The summed E-state index contributed by atoms with van der Waals surface area (Å²) in [5.41, 5.74) is 6.29. The fraction of sp³-hybridized carbons (Fsp3) is 0.150. The number of anilines is 1. The highest BCUT2D eigenvalue weighted by atomic mass is 79.9. The first kappa shape index (κ1) is 21.3. The van der Waals surface area contributed by atoms with Gasteiger partial charge in [-0.05, 0) is 48.0 Å². The molecular weight excluding hydrogens is 431 g/mol. The zero-order valence-electron chi connectivity index (χ0n) is 14.8. The van der Waals surface area contributed by atoms with Gasteiger partial charge in [0, 0.05) is 29.2 Å². The van der Waals surface area contributed by atoms with E-state index in [9.17, 15) is 18.8 Å². The molecule has 0 atom stereocenters. The first-order chi connectivity index (χ1) is 13.3. The van der Waals surface area contributed by atoms with Crippen molar-refractivity contribution in [1.29, 1.82) is 0 Å². The summed E-state index contributed by atoms with van der Waals surface area (Å²) in [5, 5.41) is 0. The van der Waals surface area contributed by atoms with E-state index >= 15 is 0 Å². The predicted molar refractivity (Wildman–Crippen MR) is 107 cm³/mol. The second-order valence-electron chi connectivity index (χ2n) is 5.73. The summed E-state index contributed by atoms with van der Waals surface area (Å²) >= 11 is 3.33. The van der Waals surface area contributed by atoms with E-state index in [0.717, 1.165) is 10.0 Å². The lowest BCUT2D eigenvalue weighted by Gasteiger charge is -2.22. The number of rotatable bonds is 8. The number of primary amides is 1. The maximum Gasteiger partial charge on any atom is 0.331 e. The van der Waals surface area contributed by atoms with Gasteiger partial charge in [-0.25, -0.2) is 9.18 Å². The van der Waals surface area contributed by atoms with Crippen LogP contribution in [0.3, 0.4) is 0 Å². The molecule has 0 fully saturated rings. The number of ether oxygens (including phenoxy) is 1. The van der Waals surface area contributed by atoms with Gasteiger partial charge in [-0.2, -0.15) is 0 Å². The Morgan fingerprint density at radius 3 is 2.50 bits per heavy atom. The third-order valence-corrected chi connectivity index (χ3v) is 4.11. The van der Waals surface area contributed by atoms with Gasteiger partial charge in [0.1, 0.15) is 5.82 Å². The van der Waals surface area contributed by atoms with Crippen molar-refractivity contribution in [3.8, 4) is 0 Å². The number of nitrogens with zero attached hydrogens (tertiary/aromatic N) is 1. The summed E-state index contributed by atoms with van der Waals surface area (Å²) in [6.07, 6.45) is 2.68. The minimum absolute atomic E-state index is 0.00870. The van der Waals surface area contributed by atoms with Crippen LogP contribution < -0.4 is 10.6 Å². The van der Waals surface area contributed by atoms with Crippen LogP contribution >= 0.6 is 15.9 Å². The van der Waals surface area contributed by atoms with Gasteiger partial charge in [0.05, 0.1) is 0 Å². The average Bonchev–Trinajstić information content (AvgIpc) is 2.66. The average molecular weight is 449 g/mol. The van der Waals surface area contributed by atoms with E-state index in [1.807, 2.05) is 18.2 Å². The van der Waals surface area contributed by atoms with E-state index in [0.29, 0.717) is 5.69 Å². The standard InChI is InChI=1S/C20H18BrFN2O4/c21-15-3-1-2-14(12-15)4-9-20(27)28-13-19(26)24(11-10-18(23)25)17-7-5-16(22)6-8-17/h1-9,12H,10-11,13H2,(H2,23,25)/b9-4+. The van der Waals surface area contributed by atoms with Gasteiger partial charge in [-0.1, -0.05) is 28.1 Å². The van der Waals surface area contributed by atoms with Crippen molar-refractivity contribution in [3.63, 3.8) is 0 Å². The van der Waals surface area contributed by atoms with Crippen LogP contribution in [0.1, 0.15) is 12.0 Å². The highest BCUT2D eigenvalue weighted by molar-refractivity contribution is 9.10. The van der Waals surface area contributed by atoms with Gasteiger partial charge in [0.15, 0.2) is 6.61 Å². The molecule has 2 N–H and O–H groups in total. The Labute approximate surface area is 169 Å². The number of carbonyl (C=O) groups excluding carboxylic acids is 3. The molecule has 146 valence electrons. The van der Waals surface area contributed by atoms with Crippen LogP contribution in [0.15, 0.2) is 59.1 Å². The lowest BCUT2D eigenvalue weighted by Crippen LogP contribution is -2.37. The van der Waals surface area contributed by atoms with E-state index in [1.54, 1.807) is 12.1 Å². The van der Waals surface area contributed by atoms with Gasteiger partial charge in [0.2, 0.25) is 5.91 Å². The number of benzene rings is 2. The number of hydrogen-bond acceptors (Lipinski definition) is 4. The maximum absolute atomic E-state index is 13.1. The van der Waals surface area contributed by atoms with Crippen molar-refractivity contribution in [1.82, 2.24) is 0 Å². The van der Waals surface area contributed by atoms with Gasteiger partial charge >= 0.3 is 5.97 Å². The lowest BCUT2D eigenvalue weighted by molar-refractivity contribution is -0.143. The zero-order valence-corrected chi connectivity index (χ0v) is 16.4. The van der Waals surface area contributed by atoms with Crippen LogP contribution in [-0.2, 0) is 19.1 Å². The minimum atomic E-state index is -0.692. The summed E-state index contributed by atoms with van der Waals surface area (Å²) < 4.78 is 18.9. The molecule has 0 aliphatic carbocycles. The van der Waals surface area contributed by atoms with E-state index < -0.39 is 30.2 Å². The number of hydrogen-bond donors (Lipinski definition) is 1. The normalized spacial score (nSPS) is 10.6. The first-order valence-corrected chi connectivity index (χ1v) is 9.09. The molecule has 0 unspecified atom stereocenters. The number of nitrogens with two attached hydrogens (primary N) is 1. The van der Waals surface area contributed by atoms with Crippen LogP contribution in [0.25, 0.3) is 6.08 Å². The summed E-state index contributed by atoms with van der Waals surface area (Å²) in [4.78, 5) is 36.6. The van der Waals surface area contributed by atoms with Crippen LogP contribution in [0.2, 0.25) is 0 Å². The summed E-state index contributed by atoms with van der Waals surface area (Å²) in [6.45, 7) is -0.539. The molecule has 2 aromatic rings. The Balaban J connectivity index is 1.98. The molecule has 0 aromatic heterocycles. The molecular formula is C20H18BrFN2O4. The van der Waals surface area contributed by atoms with Crippen molar-refractivity contribution in [3.05, 3.63) is 70.5 Å². The monoisotopic (exact) mass is 448 g/mol. The molecule has 0 heterocycles. The molecule has 0 aliphatic rings. The van der Waals surface area contributed by atoms with Gasteiger partial charge in [-0.3, -0.25) is 9.59 Å². The molecule has 0 radical (unpaired) electrons. The number of carbonyl (C=O) groups is 3. The Bertz CT molecular complexity index is 884. The topological polar surface area (TPSA) is 89.7 Å². The second-order valence-corrected chi connectivity index (χ2v) is 6.65. The Morgan fingerprint density at radius 1 is 1.14 bits per heavy atom. The first-order valence-electron chi connectivity index (χ1n) is 8.30. The van der Waals surface area contributed by atoms with Gasteiger partial charge < -0.3 is 15.4 Å². The van der Waals surface area contributed by atoms with E-state index in [2.05, 4.69) is 15.9 Å². The molecule has 28 heavy (non-hydrogen) atoms. The molecule has 8 heteroatoms. The highest BCUT2D eigenvalue weighted by Gasteiger charge is 2.18. The predicted octanol–water partition coefficient (Wildman–Crippen LogP) is 3.05. The summed E-state index contributed by atoms with van der Waals surface area (Å²) in [6, 6.07) is 12.4. The molecule has 0 saturated carbocycles. The van der Waals surface area contributed by atoms with Crippen LogP contribution in [0.5, 0.6) is 0 Å². The van der Waals surface area contributed by atoms with Crippen LogP contribution in [-0.4, -0.2) is 30.9 Å². The Morgan fingerprint density at radius 2 is 1.86 bits per heavy atom. The molecule has 2 rings (SSSR count). The third-order valence-electron chi connectivity index (χ3n) is 3.62. The van der Waals surface area contributed by atoms with Crippen molar-refractivity contribution >= 4 is 45.5 Å². The molecule has 0 saturated heterocycles. The molecule has 6 nitrogen and oxygen atoms in total.